The molecule has 136 valence electrons. The van der Waals surface area contributed by atoms with Gasteiger partial charge in [-0.2, -0.15) is 0 Å². The highest BCUT2D eigenvalue weighted by Gasteiger charge is 2.06. The van der Waals surface area contributed by atoms with Gasteiger partial charge in [0.15, 0.2) is 0 Å². The number of nitrogens with one attached hydrogen (secondary N) is 1. The SMILES string of the molecule is CCCOc1cccc(CC(=O)Nc2ccc(OCCN)cc2)c1.Cl. The third-order valence-corrected chi connectivity index (χ3v) is 3.26. The fourth-order valence-electron chi connectivity index (χ4n) is 2.17. The summed E-state index contributed by atoms with van der Waals surface area (Å²) in [5, 5.41) is 2.88. The van der Waals surface area contributed by atoms with Crippen LogP contribution in [-0.2, 0) is 11.2 Å². The molecular weight excluding hydrogens is 340 g/mol. The lowest BCUT2D eigenvalue weighted by molar-refractivity contribution is -0.115. The molecule has 6 heteroatoms. The number of rotatable bonds is 9. The van der Waals surface area contributed by atoms with E-state index in [4.69, 9.17) is 15.2 Å². The van der Waals surface area contributed by atoms with E-state index in [0.717, 1.165) is 29.2 Å². The second kappa shape index (κ2) is 11.3. The Kier molecular flexibility index (Phi) is 9.43. The molecule has 0 heterocycles. The van der Waals surface area contributed by atoms with Gasteiger partial charge in [-0.3, -0.25) is 4.79 Å². The maximum absolute atomic E-state index is 12.2. The summed E-state index contributed by atoms with van der Waals surface area (Å²) in [4.78, 5) is 12.2. The molecule has 0 bridgehead atoms. The van der Waals surface area contributed by atoms with Gasteiger partial charge in [-0.15, -0.1) is 12.4 Å². The van der Waals surface area contributed by atoms with E-state index in [0.29, 0.717) is 26.2 Å². The van der Waals surface area contributed by atoms with Crippen LogP contribution in [0.2, 0.25) is 0 Å². The average Bonchev–Trinajstić information content (AvgIpc) is 2.59. The Hall–Kier alpha value is -2.24. The molecule has 5 nitrogen and oxygen atoms in total. The molecule has 1 amide bonds. The Morgan fingerprint density at radius 2 is 1.76 bits per heavy atom. The van der Waals surface area contributed by atoms with E-state index in [1.807, 2.05) is 48.5 Å². The first-order valence-electron chi connectivity index (χ1n) is 8.15. The van der Waals surface area contributed by atoms with Crippen LogP contribution >= 0.6 is 12.4 Å². The van der Waals surface area contributed by atoms with Crippen molar-refractivity contribution in [2.75, 3.05) is 25.1 Å². The van der Waals surface area contributed by atoms with Crippen LogP contribution in [0.25, 0.3) is 0 Å². The van der Waals surface area contributed by atoms with Gasteiger partial charge in [0, 0.05) is 12.2 Å². The van der Waals surface area contributed by atoms with Crippen LogP contribution in [0.3, 0.4) is 0 Å². The Balaban J connectivity index is 0.00000312. The Morgan fingerprint density at radius 1 is 1.04 bits per heavy atom. The van der Waals surface area contributed by atoms with Crippen molar-refractivity contribution in [1.82, 2.24) is 0 Å². The number of hydrogen-bond acceptors (Lipinski definition) is 4. The summed E-state index contributed by atoms with van der Waals surface area (Å²) in [6, 6.07) is 14.9. The highest BCUT2D eigenvalue weighted by molar-refractivity contribution is 5.92. The molecule has 0 aliphatic heterocycles. The molecule has 0 aliphatic rings. The van der Waals surface area contributed by atoms with Gasteiger partial charge in [0.1, 0.15) is 18.1 Å². The number of halogens is 1. The van der Waals surface area contributed by atoms with Crippen molar-refractivity contribution >= 4 is 24.0 Å². The summed E-state index contributed by atoms with van der Waals surface area (Å²) in [5.74, 6) is 1.46. The molecule has 0 spiro atoms. The van der Waals surface area contributed by atoms with Crippen LogP contribution in [-0.4, -0.2) is 25.7 Å². The molecule has 2 aromatic rings. The van der Waals surface area contributed by atoms with E-state index in [1.54, 1.807) is 0 Å². The Bertz CT molecular complexity index is 647. The number of hydrogen-bond donors (Lipinski definition) is 2. The second-order valence-electron chi connectivity index (χ2n) is 5.38. The first kappa shape index (κ1) is 20.8. The van der Waals surface area contributed by atoms with E-state index < -0.39 is 0 Å². The van der Waals surface area contributed by atoms with Crippen LogP contribution in [0.5, 0.6) is 11.5 Å². The van der Waals surface area contributed by atoms with E-state index >= 15 is 0 Å². The van der Waals surface area contributed by atoms with Gasteiger partial charge in [0.05, 0.1) is 13.0 Å². The number of carbonyl (C=O) groups excluding carboxylic acids is 1. The van der Waals surface area contributed by atoms with Crippen molar-refractivity contribution in [2.24, 2.45) is 5.73 Å². The van der Waals surface area contributed by atoms with Gasteiger partial charge in [-0.25, -0.2) is 0 Å². The molecule has 2 rings (SSSR count). The summed E-state index contributed by atoms with van der Waals surface area (Å²) >= 11 is 0. The predicted octanol–water partition coefficient (Wildman–Crippen LogP) is 3.42. The quantitative estimate of drug-likeness (QED) is 0.715. The van der Waals surface area contributed by atoms with Crippen molar-refractivity contribution in [3.05, 3.63) is 54.1 Å². The summed E-state index contributed by atoms with van der Waals surface area (Å²) in [5.41, 5.74) is 7.05. The zero-order valence-corrected chi connectivity index (χ0v) is 15.2. The molecule has 0 aliphatic carbocycles. The van der Waals surface area contributed by atoms with E-state index in [1.165, 1.54) is 0 Å². The van der Waals surface area contributed by atoms with Crippen LogP contribution < -0.4 is 20.5 Å². The number of anilines is 1. The maximum Gasteiger partial charge on any atom is 0.228 e. The molecule has 0 radical (unpaired) electrons. The first-order valence-corrected chi connectivity index (χ1v) is 8.15. The lowest BCUT2D eigenvalue weighted by atomic mass is 10.1. The first-order chi connectivity index (χ1) is 11.7. The highest BCUT2D eigenvalue weighted by atomic mass is 35.5. The molecular formula is C19H25ClN2O3. The zero-order chi connectivity index (χ0) is 17.2. The monoisotopic (exact) mass is 364 g/mol. The maximum atomic E-state index is 12.2. The van der Waals surface area contributed by atoms with E-state index in [9.17, 15) is 4.79 Å². The highest BCUT2D eigenvalue weighted by Crippen LogP contribution is 2.17. The van der Waals surface area contributed by atoms with Crippen LogP contribution in [0.15, 0.2) is 48.5 Å². The largest absolute Gasteiger partial charge is 0.494 e. The van der Waals surface area contributed by atoms with E-state index in [-0.39, 0.29) is 18.3 Å². The molecule has 0 saturated carbocycles. The topological polar surface area (TPSA) is 73.6 Å². The number of benzene rings is 2. The van der Waals surface area contributed by atoms with Crippen molar-refractivity contribution in [2.45, 2.75) is 19.8 Å². The summed E-state index contributed by atoms with van der Waals surface area (Å²) in [6.45, 7) is 3.68. The van der Waals surface area contributed by atoms with Gasteiger partial charge in [-0.05, 0) is 48.4 Å². The molecule has 2 aromatic carbocycles. The second-order valence-corrected chi connectivity index (χ2v) is 5.38. The lowest BCUT2D eigenvalue weighted by Gasteiger charge is -2.09. The molecule has 0 fully saturated rings. The number of carbonyl (C=O) groups is 1. The number of ether oxygens (including phenoxy) is 2. The summed E-state index contributed by atoms with van der Waals surface area (Å²) in [6.07, 6.45) is 1.25. The van der Waals surface area contributed by atoms with Gasteiger partial charge < -0.3 is 20.5 Å². The van der Waals surface area contributed by atoms with Crippen LogP contribution in [0, 0.1) is 0 Å². The molecule has 0 saturated heterocycles. The van der Waals surface area contributed by atoms with E-state index in [2.05, 4.69) is 12.2 Å². The predicted molar refractivity (Wildman–Crippen MR) is 103 cm³/mol. The standard InChI is InChI=1S/C19H24N2O3.ClH/c1-2-11-23-18-5-3-4-15(13-18)14-19(22)21-16-6-8-17(9-7-16)24-12-10-20;/h3-9,13H,2,10-12,14,20H2,1H3,(H,21,22);1H. The third kappa shape index (κ3) is 7.45. The summed E-state index contributed by atoms with van der Waals surface area (Å²) in [7, 11) is 0. The van der Waals surface area contributed by atoms with Crippen molar-refractivity contribution in [3.8, 4) is 11.5 Å². The minimum absolute atomic E-state index is 0. The Morgan fingerprint density at radius 3 is 2.44 bits per heavy atom. The molecule has 0 atom stereocenters. The molecule has 0 unspecified atom stereocenters. The Labute approximate surface area is 154 Å². The number of nitrogens with two attached hydrogens (primary N) is 1. The zero-order valence-electron chi connectivity index (χ0n) is 14.4. The van der Waals surface area contributed by atoms with Crippen molar-refractivity contribution in [3.63, 3.8) is 0 Å². The molecule has 0 aromatic heterocycles. The smallest absolute Gasteiger partial charge is 0.228 e. The lowest BCUT2D eigenvalue weighted by Crippen LogP contribution is -2.14. The van der Waals surface area contributed by atoms with Crippen LogP contribution in [0.1, 0.15) is 18.9 Å². The number of amides is 1. The van der Waals surface area contributed by atoms with Gasteiger partial charge in [-0.1, -0.05) is 19.1 Å². The fourth-order valence-corrected chi connectivity index (χ4v) is 2.17. The third-order valence-electron chi connectivity index (χ3n) is 3.26. The normalized spacial score (nSPS) is 9.84. The van der Waals surface area contributed by atoms with Crippen molar-refractivity contribution < 1.29 is 14.3 Å². The molecule has 25 heavy (non-hydrogen) atoms. The minimum atomic E-state index is -0.0710. The van der Waals surface area contributed by atoms with Crippen LogP contribution in [0.4, 0.5) is 5.69 Å². The van der Waals surface area contributed by atoms with Gasteiger partial charge >= 0.3 is 0 Å². The minimum Gasteiger partial charge on any atom is -0.494 e. The summed E-state index contributed by atoms with van der Waals surface area (Å²) < 4.78 is 11.0. The van der Waals surface area contributed by atoms with Gasteiger partial charge in [0.25, 0.3) is 0 Å². The fraction of sp³-hybridized carbons (Fsp3) is 0.316. The van der Waals surface area contributed by atoms with Crippen molar-refractivity contribution in [1.29, 1.82) is 0 Å². The molecule has 3 N–H and O–H groups in total. The van der Waals surface area contributed by atoms with Gasteiger partial charge in [0.2, 0.25) is 5.91 Å². The average molecular weight is 365 g/mol.